The second-order valence-corrected chi connectivity index (χ2v) is 17.0. The zero-order valence-electron chi connectivity index (χ0n) is 39.5. The van der Waals surface area contributed by atoms with Crippen LogP contribution in [0.15, 0.2) is 54.7 Å². The lowest BCUT2D eigenvalue weighted by molar-refractivity contribution is -0.139. The number of carbonyl (C=O) groups is 7. The zero-order valence-corrected chi connectivity index (χ0v) is 39.5. The van der Waals surface area contributed by atoms with Gasteiger partial charge in [0.25, 0.3) is 11.8 Å². The molecule has 3 aromatic heterocycles. The molecule has 0 saturated carbocycles. The fourth-order valence-electron chi connectivity index (χ4n) is 7.39. The Morgan fingerprint density at radius 2 is 1.68 bits per heavy atom. The Bertz CT molecular complexity index is 2840. The van der Waals surface area contributed by atoms with Crippen molar-refractivity contribution >= 4 is 81.4 Å². The van der Waals surface area contributed by atoms with Crippen LogP contribution >= 0.6 is 0 Å². The first kappa shape index (κ1) is 52.5. The van der Waals surface area contributed by atoms with Crippen LogP contribution in [0.4, 0.5) is 28.8 Å². The number of hydrogen-bond donors (Lipinski definition) is 12. The molecule has 380 valence electrons. The molecule has 27 nitrogen and oxygen atoms in total. The zero-order chi connectivity index (χ0) is 52.1. The van der Waals surface area contributed by atoms with Crippen LogP contribution in [0.25, 0.3) is 22.6 Å². The second kappa shape index (κ2) is 24.1. The number of aromatic nitrogens is 8. The van der Waals surface area contributed by atoms with Gasteiger partial charge in [-0.05, 0) is 86.2 Å². The summed E-state index contributed by atoms with van der Waals surface area (Å²) in [5.74, 6) is -4.61. The van der Waals surface area contributed by atoms with E-state index in [1.54, 1.807) is 19.9 Å². The average Bonchev–Trinajstić information content (AvgIpc) is 4.00. The van der Waals surface area contributed by atoms with Crippen LogP contribution in [0.3, 0.4) is 0 Å². The van der Waals surface area contributed by atoms with Crippen molar-refractivity contribution in [3.63, 3.8) is 0 Å². The maximum atomic E-state index is 13.5. The Balaban J connectivity index is 0.963. The number of rotatable bonds is 24. The minimum atomic E-state index is -1.32. The van der Waals surface area contributed by atoms with Gasteiger partial charge in [-0.2, -0.15) is 15.2 Å². The van der Waals surface area contributed by atoms with Crippen molar-refractivity contribution in [1.29, 1.82) is 0 Å². The number of nitrogen functional groups attached to an aromatic ring is 3. The summed E-state index contributed by atoms with van der Waals surface area (Å²) in [5.41, 5.74) is 20.0. The highest BCUT2D eigenvalue weighted by atomic mass is 16.4. The van der Waals surface area contributed by atoms with Gasteiger partial charge in [-0.25, -0.2) is 14.8 Å². The molecule has 1 unspecified atom stereocenters. The van der Waals surface area contributed by atoms with Crippen LogP contribution in [0, 0.1) is 5.92 Å². The monoisotopic (exact) mass is 992 g/mol. The number of fused-ring (bicyclic) bond motifs is 1. The molecule has 5 aromatic rings. The fourth-order valence-corrected chi connectivity index (χ4v) is 7.39. The van der Waals surface area contributed by atoms with Gasteiger partial charge in [-0.15, -0.1) is 10.2 Å². The standard InChI is InChI=1S/C45H56N18O9/c1-22(2)35(56-32(64)9-5-4-6-17-63-33(65)14-15-34(63)66)43(70)52-23(3)40(67)54-25-11-12-27(28(19-25)38-59-61-62-60-38)42(69)49-16-7-8-31(44(71)72)55-41(68)24-10-13-30(29(46)18-24)50-20-26-21-51-39-36(53-26)37(47)57-45(48)58-39/h10-15,18-19,21-23,31,33,35,50,65H,4-9,16-17,20,46H2,1-3H3,(H,49,69)(H,52,70)(H,54,67)(H,55,68)(H,56,64)(H,71,72)(H,59,60,61,62)(H4,47,48,51,57,58)/t23-,31-,33?,35-/m0/s1. The Morgan fingerprint density at radius 1 is 0.889 bits per heavy atom. The van der Waals surface area contributed by atoms with Crippen molar-refractivity contribution in [1.82, 2.24) is 66.7 Å². The van der Waals surface area contributed by atoms with Gasteiger partial charge >= 0.3 is 5.97 Å². The number of amides is 6. The molecule has 0 aliphatic carbocycles. The molecule has 15 N–H and O–H groups in total. The molecule has 27 heteroatoms. The van der Waals surface area contributed by atoms with Gasteiger partial charge in [-0.1, -0.05) is 20.3 Å². The Kier molecular flexibility index (Phi) is 17.6. The number of carbonyl (C=O) groups excluding carboxylic acids is 6. The third kappa shape index (κ3) is 13.9. The van der Waals surface area contributed by atoms with E-state index >= 15 is 0 Å². The normalized spacial score (nSPS) is 14.4. The first-order chi connectivity index (χ1) is 34.4. The summed E-state index contributed by atoms with van der Waals surface area (Å²) >= 11 is 0. The molecule has 0 fully saturated rings. The number of carboxylic acid groups (broad SMARTS) is 1. The Morgan fingerprint density at radius 3 is 2.38 bits per heavy atom. The first-order valence-corrected chi connectivity index (χ1v) is 22.8. The molecular weight excluding hydrogens is 937 g/mol. The number of anilines is 5. The fraction of sp³-hybridized carbons (Fsp3) is 0.378. The van der Waals surface area contributed by atoms with Gasteiger partial charge in [-0.3, -0.25) is 28.8 Å². The van der Waals surface area contributed by atoms with E-state index in [1.807, 2.05) is 0 Å². The number of aliphatic carboxylic acids is 1. The summed E-state index contributed by atoms with van der Waals surface area (Å²) in [7, 11) is 0. The molecule has 0 saturated heterocycles. The summed E-state index contributed by atoms with van der Waals surface area (Å²) in [6, 6.07) is 5.42. The van der Waals surface area contributed by atoms with E-state index in [0.29, 0.717) is 37.2 Å². The molecule has 0 spiro atoms. The van der Waals surface area contributed by atoms with Gasteiger partial charge in [0, 0.05) is 42.4 Å². The molecule has 6 rings (SSSR count). The smallest absolute Gasteiger partial charge is 0.326 e. The maximum absolute atomic E-state index is 13.5. The lowest BCUT2D eigenvalue weighted by Gasteiger charge is -2.24. The molecular formula is C45H56N18O9. The number of H-pyrrole nitrogens is 1. The summed E-state index contributed by atoms with van der Waals surface area (Å²) in [4.78, 5) is 108. The number of aliphatic hydroxyl groups excluding tert-OH is 1. The SMILES string of the molecule is CC(C)[C@H](NC(=O)CCCCCN1C(=O)C=CC1O)C(=O)N[C@@H](C)C(=O)Nc1ccc(C(=O)NCCC[C@H](NC(=O)c2ccc(NCc3cnc4nc(N)nc(N)c4n3)c(N)c2)C(=O)O)c(-c2nn[nH]n2)c1. The highest BCUT2D eigenvalue weighted by Crippen LogP contribution is 2.25. The quantitative estimate of drug-likeness (QED) is 0.0290. The van der Waals surface area contributed by atoms with Crippen molar-refractivity contribution in [3.8, 4) is 11.4 Å². The predicted octanol–water partition coefficient (Wildman–Crippen LogP) is 0.213. The van der Waals surface area contributed by atoms with Crippen molar-refractivity contribution in [2.75, 3.05) is 40.9 Å². The number of benzene rings is 2. The number of unbranched alkanes of at least 4 members (excludes halogenated alkanes) is 2. The molecule has 4 atom stereocenters. The van der Waals surface area contributed by atoms with Crippen LogP contribution in [0.2, 0.25) is 0 Å². The molecule has 72 heavy (non-hydrogen) atoms. The first-order valence-electron chi connectivity index (χ1n) is 22.8. The summed E-state index contributed by atoms with van der Waals surface area (Å²) in [5, 5.41) is 50.0. The summed E-state index contributed by atoms with van der Waals surface area (Å²) in [6.07, 6.45) is 5.18. The van der Waals surface area contributed by atoms with Crippen LogP contribution in [-0.4, -0.2) is 135 Å². The van der Waals surface area contributed by atoms with Crippen LogP contribution < -0.4 is 49.1 Å². The lowest BCUT2D eigenvalue weighted by atomic mass is 10.0. The number of hydrogen-bond acceptors (Lipinski definition) is 19. The summed E-state index contributed by atoms with van der Waals surface area (Å²) < 4.78 is 0. The molecule has 4 heterocycles. The van der Waals surface area contributed by atoms with Gasteiger partial charge in [0.1, 0.15) is 24.4 Å². The minimum Gasteiger partial charge on any atom is -0.480 e. The number of nitrogens with zero attached hydrogens (tertiary/aromatic N) is 8. The number of aromatic amines is 1. The molecule has 1 aliphatic rings. The molecule has 0 bridgehead atoms. The predicted molar refractivity (Wildman–Crippen MR) is 261 cm³/mol. The van der Waals surface area contributed by atoms with E-state index in [9.17, 15) is 43.8 Å². The number of tetrazole rings is 1. The lowest BCUT2D eigenvalue weighted by Crippen LogP contribution is -2.53. The van der Waals surface area contributed by atoms with Gasteiger partial charge in [0.05, 0.1) is 35.4 Å². The van der Waals surface area contributed by atoms with Crippen molar-refractivity contribution in [2.45, 2.75) is 90.2 Å². The van der Waals surface area contributed by atoms with Gasteiger partial charge in [0.15, 0.2) is 17.0 Å². The summed E-state index contributed by atoms with van der Waals surface area (Å²) in [6.45, 7) is 5.51. The third-order valence-electron chi connectivity index (χ3n) is 11.3. The van der Waals surface area contributed by atoms with E-state index in [0.717, 1.165) is 0 Å². The van der Waals surface area contributed by atoms with Gasteiger partial charge in [0.2, 0.25) is 35.4 Å². The van der Waals surface area contributed by atoms with Crippen LogP contribution in [0.1, 0.15) is 85.7 Å². The highest BCUT2D eigenvalue weighted by Gasteiger charge is 2.28. The van der Waals surface area contributed by atoms with Crippen LogP contribution in [0.5, 0.6) is 0 Å². The van der Waals surface area contributed by atoms with E-state index in [1.165, 1.54) is 60.5 Å². The average molecular weight is 993 g/mol. The Labute approximate surface area is 411 Å². The highest BCUT2D eigenvalue weighted by molar-refractivity contribution is 6.03. The van der Waals surface area contributed by atoms with E-state index in [2.05, 4.69) is 72.5 Å². The number of carboxylic acids is 1. The van der Waals surface area contributed by atoms with E-state index in [-0.39, 0.29) is 107 Å². The van der Waals surface area contributed by atoms with E-state index in [4.69, 9.17) is 17.2 Å². The van der Waals surface area contributed by atoms with Crippen molar-refractivity contribution in [3.05, 3.63) is 71.6 Å². The van der Waals surface area contributed by atoms with Crippen LogP contribution in [-0.2, 0) is 30.5 Å². The maximum Gasteiger partial charge on any atom is 0.326 e. The van der Waals surface area contributed by atoms with E-state index < -0.39 is 54.0 Å². The molecule has 6 amide bonds. The second-order valence-electron chi connectivity index (χ2n) is 17.0. The van der Waals surface area contributed by atoms with Gasteiger partial charge < -0.3 is 64.2 Å². The number of nitrogens with two attached hydrogens (primary N) is 3. The number of nitrogens with one attached hydrogen (secondary N) is 7. The topological polar surface area (TPSA) is 419 Å². The molecule has 0 radical (unpaired) electrons. The molecule has 1 aliphatic heterocycles. The van der Waals surface area contributed by atoms with Crippen molar-refractivity contribution in [2.24, 2.45) is 5.92 Å². The largest absolute Gasteiger partial charge is 0.480 e. The third-order valence-corrected chi connectivity index (χ3v) is 11.3. The Hall–Kier alpha value is -8.88. The minimum absolute atomic E-state index is 0.00611. The van der Waals surface area contributed by atoms with Crippen molar-refractivity contribution < 1.29 is 43.8 Å². The molecule has 2 aromatic carbocycles. The number of aliphatic hydroxyl groups is 1.